The largest absolute Gasteiger partial charge is 0.445 e. The van der Waals surface area contributed by atoms with Crippen molar-refractivity contribution in [2.24, 2.45) is 5.92 Å². The summed E-state index contributed by atoms with van der Waals surface area (Å²) in [5.41, 5.74) is 0.920. The molecular formula is C17H24N2O3. The van der Waals surface area contributed by atoms with Gasteiger partial charge < -0.3 is 15.0 Å². The molecule has 1 fully saturated rings. The van der Waals surface area contributed by atoms with E-state index >= 15 is 0 Å². The maximum absolute atomic E-state index is 12.2. The Hall–Kier alpha value is -2.04. The van der Waals surface area contributed by atoms with Gasteiger partial charge in [0.05, 0.1) is 0 Å². The van der Waals surface area contributed by atoms with Crippen molar-refractivity contribution in [1.29, 1.82) is 0 Å². The highest BCUT2D eigenvalue weighted by molar-refractivity contribution is 5.82. The Balaban J connectivity index is 1.73. The summed E-state index contributed by atoms with van der Waals surface area (Å²) in [5, 5.41) is 2.54. The number of rotatable bonds is 5. The summed E-state index contributed by atoms with van der Waals surface area (Å²) in [4.78, 5) is 25.7. The Labute approximate surface area is 131 Å². The van der Waals surface area contributed by atoms with Gasteiger partial charge in [-0.1, -0.05) is 44.2 Å². The quantitative estimate of drug-likeness (QED) is 0.909. The zero-order chi connectivity index (χ0) is 15.9. The summed E-state index contributed by atoms with van der Waals surface area (Å²) >= 11 is 0. The van der Waals surface area contributed by atoms with Gasteiger partial charge in [-0.2, -0.15) is 0 Å². The molecule has 0 saturated carbocycles. The third-order valence-corrected chi connectivity index (χ3v) is 3.99. The molecule has 1 heterocycles. The number of carbonyl (C=O) groups is 2. The van der Waals surface area contributed by atoms with Gasteiger partial charge >= 0.3 is 6.09 Å². The van der Waals surface area contributed by atoms with E-state index in [0.717, 1.165) is 24.9 Å². The first-order valence-corrected chi connectivity index (χ1v) is 7.82. The molecule has 2 amide bonds. The number of nitrogens with zero attached hydrogens (tertiary/aromatic N) is 1. The summed E-state index contributed by atoms with van der Waals surface area (Å²) in [6.07, 6.45) is 1.52. The van der Waals surface area contributed by atoms with Crippen LogP contribution in [0, 0.1) is 5.92 Å². The van der Waals surface area contributed by atoms with Crippen molar-refractivity contribution in [3.05, 3.63) is 35.9 Å². The second-order valence-corrected chi connectivity index (χ2v) is 5.96. The monoisotopic (exact) mass is 304 g/mol. The second-order valence-electron chi connectivity index (χ2n) is 5.96. The standard InChI is InChI=1S/C17H24N2O3/c1-13(2)15-9-6-10-19(15)16(20)11-18-17(21)22-12-14-7-4-3-5-8-14/h3-5,7-8,13,15H,6,9-12H2,1-2H3,(H,18,21). The van der Waals surface area contributed by atoms with E-state index in [0.29, 0.717) is 5.92 Å². The lowest BCUT2D eigenvalue weighted by Gasteiger charge is -2.27. The number of amides is 2. The summed E-state index contributed by atoms with van der Waals surface area (Å²) in [7, 11) is 0. The van der Waals surface area contributed by atoms with Gasteiger partial charge in [-0.15, -0.1) is 0 Å². The highest BCUT2D eigenvalue weighted by Gasteiger charge is 2.30. The van der Waals surface area contributed by atoms with Gasteiger partial charge in [-0.25, -0.2) is 4.79 Å². The molecule has 1 atom stereocenters. The van der Waals surface area contributed by atoms with Crippen molar-refractivity contribution in [2.75, 3.05) is 13.1 Å². The third kappa shape index (κ3) is 4.48. The average molecular weight is 304 g/mol. The smallest absolute Gasteiger partial charge is 0.407 e. The molecule has 1 aromatic carbocycles. The minimum absolute atomic E-state index is 0.00313. The lowest BCUT2D eigenvalue weighted by Crippen LogP contribution is -2.44. The zero-order valence-corrected chi connectivity index (χ0v) is 13.2. The number of alkyl carbamates (subject to hydrolysis) is 1. The van der Waals surface area contributed by atoms with Crippen LogP contribution in [-0.4, -0.2) is 36.0 Å². The summed E-state index contributed by atoms with van der Waals surface area (Å²) < 4.78 is 5.09. The molecule has 0 bridgehead atoms. The molecule has 0 radical (unpaired) electrons. The maximum atomic E-state index is 12.2. The van der Waals surface area contributed by atoms with Gasteiger partial charge in [-0.3, -0.25) is 4.79 Å². The molecule has 120 valence electrons. The average Bonchev–Trinajstić information content (AvgIpc) is 3.01. The van der Waals surface area contributed by atoms with Gasteiger partial charge in [0, 0.05) is 12.6 Å². The lowest BCUT2D eigenvalue weighted by molar-refractivity contribution is -0.131. The molecule has 1 aliphatic rings. The van der Waals surface area contributed by atoms with Crippen LogP contribution in [0.1, 0.15) is 32.3 Å². The van der Waals surface area contributed by atoms with Crippen molar-refractivity contribution in [1.82, 2.24) is 10.2 Å². The first-order chi connectivity index (χ1) is 10.6. The number of benzene rings is 1. The fourth-order valence-electron chi connectivity index (χ4n) is 2.82. The van der Waals surface area contributed by atoms with Gasteiger partial charge in [0.2, 0.25) is 5.91 Å². The van der Waals surface area contributed by atoms with Crippen LogP contribution in [0.5, 0.6) is 0 Å². The summed E-state index contributed by atoms with van der Waals surface area (Å²) in [6.45, 7) is 5.23. The Kier molecular flexibility index (Phi) is 5.81. The minimum Gasteiger partial charge on any atom is -0.445 e. The van der Waals surface area contributed by atoms with Crippen LogP contribution in [0.3, 0.4) is 0 Å². The molecule has 1 saturated heterocycles. The third-order valence-electron chi connectivity index (χ3n) is 3.99. The first kappa shape index (κ1) is 16.3. The van der Waals surface area contributed by atoms with Gasteiger partial charge in [0.15, 0.2) is 0 Å². The molecule has 1 unspecified atom stereocenters. The van der Waals surface area contributed by atoms with Crippen molar-refractivity contribution in [3.63, 3.8) is 0 Å². The molecule has 22 heavy (non-hydrogen) atoms. The van der Waals surface area contributed by atoms with Gasteiger partial charge in [0.25, 0.3) is 0 Å². The van der Waals surface area contributed by atoms with Gasteiger partial charge in [-0.05, 0) is 24.3 Å². The fourth-order valence-corrected chi connectivity index (χ4v) is 2.82. The molecule has 5 nitrogen and oxygen atoms in total. The van der Waals surface area contributed by atoms with Crippen LogP contribution in [0.15, 0.2) is 30.3 Å². The predicted molar refractivity (Wildman–Crippen MR) is 84.2 cm³/mol. The number of nitrogens with one attached hydrogen (secondary N) is 1. The number of carbonyl (C=O) groups excluding carboxylic acids is 2. The molecule has 1 aromatic rings. The van der Waals surface area contributed by atoms with Crippen LogP contribution < -0.4 is 5.32 Å². The highest BCUT2D eigenvalue weighted by atomic mass is 16.5. The van der Waals surface area contributed by atoms with Crippen LogP contribution >= 0.6 is 0 Å². The van der Waals surface area contributed by atoms with E-state index in [2.05, 4.69) is 19.2 Å². The van der Waals surface area contributed by atoms with Crippen LogP contribution in [-0.2, 0) is 16.1 Å². The zero-order valence-electron chi connectivity index (χ0n) is 13.2. The molecule has 0 aliphatic carbocycles. The summed E-state index contributed by atoms with van der Waals surface area (Å²) in [6, 6.07) is 9.74. The molecule has 1 N–H and O–H groups in total. The SMILES string of the molecule is CC(C)C1CCCN1C(=O)CNC(=O)OCc1ccccc1. The van der Waals surface area contributed by atoms with E-state index in [4.69, 9.17) is 4.74 Å². The van der Waals surface area contributed by atoms with Crippen LogP contribution in [0.2, 0.25) is 0 Å². The van der Waals surface area contributed by atoms with E-state index in [9.17, 15) is 9.59 Å². The van der Waals surface area contributed by atoms with Crippen LogP contribution in [0.4, 0.5) is 4.79 Å². The normalized spacial score (nSPS) is 17.6. The predicted octanol–water partition coefficient (Wildman–Crippen LogP) is 2.56. The molecule has 1 aliphatic heterocycles. The van der Waals surface area contributed by atoms with E-state index in [1.165, 1.54) is 0 Å². The number of ether oxygens (including phenoxy) is 1. The Morgan fingerprint density at radius 3 is 2.73 bits per heavy atom. The van der Waals surface area contributed by atoms with E-state index in [1.807, 2.05) is 35.2 Å². The van der Waals surface area contributed by atoms with Crippen LogP contribution in [0.25, 0.3) is 0 Å². The van der Waals surface area contributed by atoms with E-state index in [1.54, 1.807) is 0 Å². The Bertz CT molecular complexity index is 502. The van der Waals surface area contributed by atoms with E-state index < -0.39 is 6.09 Å². The highest BCUT2D eigenvalue weighted by Crippen LogP contribution is 2.23. The molecular weight excluding hydrogens is 280 g/mol. The fraction of sp³-hybridized carbons (Fsp3) is 0.529. The molecule has 0 spiro atoms. The molecule has 5 heteroatoms. The number of hydrogen-bond donors (Lipinski definition) is 1. The molecule has 0 aromatic heterocycles. The first-order valence-electron chi connectivity index (χ1n) is 7.82. The maximum Gasteiger partial charge on any atom is 0.407 e. The number of likely N-dealkylation sites (tertiary alicyclic amines) is 1. The minimum atomic E-state index is -0.558. The van der Waals surface area contributed by atoms with E-state index in [-0.39, 0.29) is 25.1 Å². The topological polar surface area (TPSA) is 58.6 Å². The van der Waals surface area contributed by atoms with Crippen molar-refractivity contribution in [3.8, 4) is 0 Å². The Morgan fingerprint density at radius 1 is 1.32 bits per heavy atom. The Morgan fingerprint density at radius 2 is 2.05 bits per heavy atom. The number of hydrogen-bond acceptors (Lipinski definition) is 3. The van der Waals surface area contributed by atoms with Crippen molar-refractivity contribution >= 4 is 12.0 Å². The van der Waals surface area contributed by atoms with Crippen molar-refractivity contribution in [2.45, 2.75) is 39.3 Å². The summed E-state index contributed by atoms with van der Waals surface area (Å²) in [5.74, 6) is 0.407. The van der Waals surface area contributed by atoms with Crippen molar-refractivity contribution < 1.29 is 14.3 Å². The molecule has 2 rings (SSSR count). The van der Waals surface area contributed by atoms with Gasteiger partial charge in [0.1, 0.15) is 13.2 Å². The second kappa shape index (κ2) is 7.82. The lowest BCUT2D eigenvalue weighted by atomic mass is 10.0.